The number of hydrogen-bond acceptors (Lipinski definition) is 3. The largest absolute Gasteiger partial charge is 0.393 e. The van der Waals surface area contributed by atoms with Crippen LogP contribution in [-0.2, 0) is 9.59 Å². The number of aliphatic hydroxyl groups excluding tert-OH is 1. The van der Waals surface area contributed by atoms with Crippen molar-refractivity contribution >= 4 is 11.6 Å². The number of carbonyl (C=O) groups is 2. The molecule has 76 valence electrons. The molecule has 0 aromatic heterocycles. The molecule has 0 amide bonds. The molecule has 1 aliphatic carbocycles. The van der Waals surface area contributed by atoms with Gasteiger partial charge in [0.15, 0.2) is 11.6 Å². The fourth-order valence-electron chi connectivity index (χ4n) is 1.36. The molecule has 1 rings (SSSR count). The monoisotopic (exact) mass is 194 g/mol. The Morgan fingerprint density at radius 2 is 2.00 bits per heavy atom. The fraction of sp³-hybridized carbons (Fsp3) is 0.455. The summed E-state index contributed by atoms with van der Waals surface area (Å²) in [4.78, 5) is 22.6. The van der Waals surface area contributed by atoms with E-state index in [0.29, 0.717) is 24.0 Å². The highest BCUT2D eigenvalue weighted by Gasteiger charge is 2.18. The van der Waals surface area contributed by atoms with Crippen molar-refractivity contribution in [2.75, 3.05) is 0 Å². The van der Waals surface area contributed by atoms with Crippen molar-refractivity contribution in [2.24, 2.45) is 0 Å². The number of allylic oxidation sites excluding steroid dienone is 4. The normalized spacial score (nSPS) is 19.1. The number of Topliss-reactive ketones (excluding diaryl/α,β-unsaturated/α-hetero) is 1. The van der Waals surface area contributed by atoms with Crippen LogP contribution in [0.25, 0.3) is 0 Å². The van der Waals surface area contributed by atoms with Crippen LogP contribution in [0, 0.1) is 0 Å². The topological polar surface area (TPSA) is 54.4 Å². The van der Waals surface area contributed by atoms with E-state index in [-0.39, 0.29) is 11.6 Å². The molecule has 0 saturated heterocycles. The zero-order valence-corrected chi connectivity index (χ0v) is 8.41. The van der Waals surface area contributed by atoms with Crippen LogP contribution in [0.2, 0.25) is 0 Å². The molecule has 0 aromatic rings. The van der Waals surface area contributed by atoms with Crippen molar-refractivity contribution in [2.45, 2.75) is 32.8 Å². The maximum atomic E-state index is 11.5. The molecule has 3 nitrogen and oxygen atoms in total. The molecule has 1 atom stereocenters. The number of aliphatic hydroxyl groups is 1. The molecule has 14 heavy (non-hydrogen) atoms. The molecular weight excluding hydrogens is 180 g/mol. The summed E-state index contributed by atoms with van der Waals surface area (Å²) in [6.45, 7) is 3.30. The number of rotatable bonds is 3. The van der Waals surface area contributed by atoms with Gasteiger partial charge in [0.1, 0.15) is 0 Å². The third kappa shape index (κ3) is 2.64. The zero-order chi connectivity index (χ0) is 10.7. The van der Waals surface area contributed by atoms with Crippen LogP contribution in [0.4, 0.5) is 0 Å². The minimum Gasteiger partial charge on any atom is -0.393 e. The SMILES string of the molecule is CC1=CC(=O)C=C(CCC(C)O)C1=O. The van der Waals surface area contributed by atoms with Gasteiger partial charge in [-0.15, -0.1) is 0 Å². The molecule has 1 aliphatic rings. The third-order valence-electron chi connectivity index (χ3n) is 2.16. The van der Waals surface area contributed by atoms with Gasteiger partial charge in [0.25, 0.3) is 0 Å². The van der Waals surface area contributed by atoms with E-state index < -0.39 is 6.10 Å². The Hall–Kier alpha value is -1.22. The predicted molar refractivity (Wildman–Crippen MR) is 52.8 cm³/mol. The Bertz CT molecular complexity index is 321. The number of ketones is 2. The second-order valence-corrected chi connectivity index (χ2v) is 3.62. The van der Waals surface area contributed by atoms with E-state index in [1.807, 2.05) is 0 Å². The Morgan fingerprint density at radius 1 is 1.36 bits per heavy atom. The zero-order valence-electron chi connectivity index (χ0n) is 8.41. The average molecular weight is 194 g/mol. The smallest absolute Gasteiger partial charge is 0.184 e. The van der Waals surface area contributed by atoms with Gasteiger partial charge in [-0.05, 0) is 38.8 Å². The van der Waals surface area contributed by atoms with Crippen LogP contribution >= 0.6 is 0 Å². The van der Waals surface area contributed by atoms with Gasteiger partial charge in [0.2, 0.25) is 0 Å². The highest BCUT2D eigenvalue weighted by molar-refractivity contribution is 6.19. The van der Waals surface area contributed by atoms with Crippen molar-refractivity contribution in [3.8, 4) is 0 Å². The summed E-state index contributed by atoms with van der Waals surface area (Å²) in [6.07, 6.45) is 3.24. The molecule has 3 heteroatoms. The molecule has 0 radical (unpaired) electrons. The lowest BCUT2D eigenvalue weighted by atomic mass is 9.93. The Labute approximate surface area is 83.1 Å². The summed E-state index contributed by atoms with van der Waals surface area (Å²) in [7, 11) is 0. The van der Waals surface area contributed by atoms with Crippen LogP contribution in [-0.4, -0.2) is 22.8 Å². The van der Waals surface area contributed by atoms with Crippen molar-refractivity contribution in [3.05, 3.63) is 23.3 Å². The quantitative estimate of drug-likeness (QED) is 0.686. The van der Waals surface area contributed by atoms with Crippen LogP contribution in [0.3, 0.4) is 0 Å². The van der Waals surface area contributed by atoms with Crippen LogP contribution in [0.1, 0.15) is 26.7 Å². The third-order valence-corrected chi connectivity index (χ3v) is 2.16. The van der Waals surface area contributed by atoms with E-state index in [2.05, 4.69) is 0 Å². The number of hydrogen-bond donors (Lipinski definition) is 1. The molecule has 0 saturated carbocycles. The lowest BCUT2D eigenvalue weighted by Gasteiger charge is -2.11. The van der Waals surface area contributed by atoms with Gasteiger partial charge in [0, 0.05) is 11.1 Å². The Balaban J connectivity index is 2.69. The molecule has 1 N–H and O–H groups in total. The number of carbonyl (C=O) groups excluding carboxylic acids is 2. The molecule has 0 spiro atoms. The molecule has 0 aliphatic heterocycles. The minimum absolute atomic E-state index is 0.0785. The van der Waals surface area contributed by atoms with Crippen molar-refractivity contribution < 1.29 is 14.7 Å². The van der Waals surface area contributed by atoms with Gasteiger partial charge in [-0.3, -0.25) is 9.59 Å². The van der Waals surface area contributed by atoms with E-state index in [1.54, 1.807) is 13.8 Å². The fourth-order valence-corrected chi connectivity index (χ4v) is 1.36. The predicted octanol–water partition coefficient (Wildman–Crippen LogP) is 1.17. The maximum Gasteiger partial charge on any atom is 0.184 e. The van der Waals surface area contributed by atoms with E-state index >= 15 is 0 Å². The van der Waals surface area contributed by atoms with E-state index in [1.165, 1.54) is 12.2 Å². The molecular formula is C11H14O3. The van der Waals surface area contributed by atoms with Crippen LogP contribution < -0.4 is 0 Å². The summed E-state index contributed by atoms with van der Waals surface area (Å²) in [5.74, 6) is -0.215. The summed E-state index contributed by atoms with van der Waals surface area (Å²) < 4.78 is 0. The van der Waals surface area contributed by atoms with E-state index in [0.717, 1.165) is 0 Å². The Morgan fingerprint density at radius 3 is 2.57 bits per heavy atom. The summed E-state index contributed by atoms with van der Waals surface area (Å²) >= 11 is 0. The lowest BCUT2D eigenvalue weighted by Crippen LogP contribution is -2.14. The van der Waals surface area contributed by atoms with Crippen molar-refractivity contribution in [3.63, 3.8) is 0 Å². The highest BCUT2D eigenvalue weighted by Crippen LogP contribution is 2.17. The van der Waals surface area contributed by atoms with Gasteiger partial charge in [-0.1, -0.05) is 0 Å². The van der Waals surface area contributed by atoms with E-state index in [4.69, 9.17) is 5.11 Å². The van der Waals surface area contributed by atoms with Gasteiger partial charge in [-0.25, -0.2) is 0 Å². The second kappa shape index (κ2) is 4.33. The summed E-state index contributed by atoms with van der Waals surface area (Å²) in [6, 6.07) is 0. The van der Waals surface area contributed by atoms with E-state index in [9.17, 15) is 9.59 Å². The van der Waals surface area contributed by atoms with Gasteiger partial charge >= 0.3 is 0 Å². The van der Waals surface area contributed by atoms with Crippen molar-refractivity contribution in [1.29, 1.82) is 0 Å². The average Bonchev–Trinajstić information content (AvgIpc) is 2.08. The van der Waals surface area contributed by atoms with Gasteiger partial charge < -0.3 is 5.11 Å². The van der Waals surface area contributed by atoms with Gasteiger partial charge in [-0.2, -0.15) is 0 Å². The molecule has 0 aromatic carbocycles. The highest BCUT2D eigenvalue weighted by atomic mass is 16.3. The Kier molecular flexibility index (Phi) is 3.36. The molecule has 0 heterocycles. The molecule has 0 fully saturated rings. The first-order chi connectivity index (χ1) is 6.50. The minimum atomic E-state index is -0.440. The standard InChI is InChI=1S/C11H14O3/c1-7-5-10(13)6-9(11(7)14)4-3-8(2)12/h5-6,8,12H,3-4H2,1-2H3. The first kappa shape index (κ1) is 10.9. The maximum absolute atomic E-state index is 11.5. The summed E-state index contributed by atoms with van der Waals surface area (Å²) in [5.41, 5.74) is 0.994. The van der Waals surface area contributed by atoms with Crippen LogP contribution in [0.15, 0.2) is 23.3 Å². The van der Waals surface area contributed by atoms with Crippen LogP contribution in [0.5, 0.6) is 0 Å². The van der Waals surface area contributed by atoms with Gasteiger partial charge in [0.05, 0.1) is 6.10 Å². The first-order valence-corrected chi connectivity index (χ1v) is 4.66. The molecule has 0 bridgehead atoms. The van der Waals surface area contributed by atoms with Crippen molar-refractivity contribution in [1.82, 2.24) is 0 Å². The summed E-state index contributed by atoms with van der Waals surface area (Å²) in [5, 5.41) is 9.06. The first-order valence-electron chi connectivity index (χ1n) is 4.66. The molecule has 1 unspecified atom stereocenters. The lowest BCUT2D eigenvalue weighted by molar-refractivity contribution is -0.115. The second-order valence-electron chi connectivity index (χ2n) is 3.62.